The van der Waals surface area contributed by atoms with Crippen LogP contribution < -0.4 is 0 Å². The summed E-state index contributed by atoms with van der Waals surface area (Å²) in [7, 11) is 0. The van der Waals surface area contributed by atoms with Crippen molar-refractivity contribution >= 4 is 54.7 Å². The average molecular weight is 681 g/mol. The van der Waals surface area contributed by atoms with Gasteiger partial charge in [0.2, 0.25) is 11.8 Å². The Morgan fingerprint density at radius 2 is 0.906 bits per heavy atom. The van der Waals surface area contributed by atoms with Gasteiger partial charge in [0.05, 0.1) is 22.1 Å². The molecule has 0 aliphatic rings. The number of aromatic nitrogens is 6. The van der Waals surface area contributed by atoms with Crippen LogP contribution in [0.5, 0.6) is 0 Å². The zero-order valence-corrected chi connectivity index (χ0v) is 28.3. The molecule has 4 heterocycles. The van der Waals surface area contributed by atoms with E-state index in [1.165, 1.54) is 0 Å². The lowest BCUT2D eigenvalue weighted by Crippen LogP contribution is -2.07. The normalized spacial score (nSPS) is 11.8. The van der Waals surface area contributed by atoms with Crippen molar-refractivity contribution < 1.29 is 4.42 Å². The lowest BCUT2D eigenvalue weighted by molar-refractivity contribution is 0.620. The number of benzene rings is 7. The summed E-state index contributed by atoms with van der Waals surface area (Å²) in [6, 6.07) is 58.1. The van der Waals surface area contributed by atoms with E-state index in [-0.39, 0.29) is 0 Å². The highest BCUT2D eigenvalue weighted by molar-refractivity contribution is 6.23. The summed E-state index contributed by atoms with van der Waals surface area (Å²) in [5.41, 5.74) is 9.60. The molecule has 0 radical (unpaired) electrons. The van der Waals surface area contributed by atoms with Crippen LogP contribution in [0, 0.1) is 0 Å². The molecule has 7 heteroatoms. The van der Waals surface area contributed by atoms with Crippen molar-refractivity contribution in [2.45, 2.75) is 0 Å². The smallest absolute Gasteiger partial charge is 0.238 e. The number of oxazole rings is 1. The zero-order valence-electron chi connectivity index (χ0n) is 28.3. The Kier molecular flexibility index (Phi) is 6.42. The lowest BCUT2D eigenvalue weighted by Gasteiger charge is -2.13. The van der Waals surface area contributed by atoms with Crippen molar-refractivity contribution in [1.82, 2.24) is 29.1 Å². The van der Waals surface area contributed by atoms with Crippen LogP contribution in [-0.2, 0) is 0 Å². The molecule has 11 rings (SSSR count). The Balaban J connectivity index is 1.22. The third kappa shape index (κ3) is 4.61. The van der Waals surface area contributed by atoms with E-state index < -0.39 is 0 Å². The van der Waals surface area contributed by atoms with Gasteiger partial charge in [-0.05, 0) is 48.5 Å². The van der Waals surface area contributed by atoms with E-state index in [1.54, 1.807) is 0 Å². The van der Waals surface area contributed by atoms with Crippen LogP contribution in [0.3, 0.4) is 0 Å². The van der Waals surface area contributed by atoms with Crippen molar-refractivity contribution in [3.05, 3.63) is 170 Å². The molecule has 0 aliphatic carbocycles. The molecule has 0 aliphatic heterocycles. The first-order chi connectivity index (χ1) is 26.3. The minimum atomic E-state index is 0.555. The molecule has 0 spiro atoms. The summed E-state index contributed by atoms with van der Waals surface area (Å²) >= 11 is 0. The fraction of sp³-hybridized carbons (Fsp3) is 0. The van der Waals surface area contributed by atoms with Crippen LogP contribution >= 0.6 is 0 Å². The predicted octanol–water partition coefficient (Wildman–Crippen LogP) is 11.2. The molecule has 0 saturated heterocycles. The highest BCUT2D eigenvalue weighted by atomic mass is 16.3. The second-order valence-electron chi connectivity index (χ2n) is 13.1. The first kappa shape index (κ1) is 29.4. The summed E-state index contributed by atoms with van der Waals surface area (Å²) in [5, 5.41) is 4.54. The number of hydrogen-bond donors (Lipinski definition) is 0. The van der Waals surface area contributed by atoms with E-state index >= 15 is 0 Å². The fourth-order valence-electron chi connectivity index (χ4n) is 7.62. The molecule has 11 aromatic rings. The summed E-state index contributed by atoms with van der Waals surface area (Å²) in [6.07, 6.45) is 0. The van der Waals surface area contributed by atoms with Crippen molar-refractivity contribution in [1.29, 1.82) is 0 Å². The Hall–Kier alpha value is -7.38. The van der Waals surface area contributed by atoms with Gasteiger partial charge in [-0.3, -0.25) is 4.57 Å². The third-order valence-electron chi connectivity index (χ3n) is 10.0. The van der Waals surface area contributed by atoms with Crippen LogP contribution in [0.1, 0.15) is 0 Å². The van der Waals surface area contributed by atoms with Gasteiger partial charge in [0.15, 0.2) is 17.2 Å². The van der Waals surface area contributed by atoms with Crippen molar-refractivity contribution in [2.24, 2.45) is 0 Å². The standard InChI is InChI=1S/C46H28N6O/c1-3-13-29(14-4-1)43-48-44(30-15-5-2-6-16-30)50-46(49-43)52-39-21-11-8-18-34(39)36-28-27-35-33-17-7-10-20-38(33)51(41(35)42(36)52)32-25-23-31(24-26-32)45-47-37-19-9-12-22-40(37)53-45/h1-28H. The number of hydrogen-bond acceptors (Lipinski definition) is 5. The van der Waals surface area contributed by atoms with E-state index in [4.69, 9.17) is 24.4 Å². The van der Waals surface area contributed by atoms with E-state index in [9.17, 15) is 0 Å². The second-order valence-corrected chi connectivity index (χ2v) is 13.1. The van der Waals surface area contributed by atoms with Crippen LogP contribution in [0.25, 0.3) is 101 Å². The molecule has 7 aromatic carbocycles. The minimum absolute atomic E-state index is 0.555. The molecular formula is C46H28N6O. The molecule has 53 heavy (non-hydrogen) atoms. The molecule has 0 amide bonds. The van der Waals surface area contributed by atoms with Gasteiger partial charge in [-0.25, -0.2) is 9.97 Å². The Morgan fingerprint density at radius 1 is 0.377 bits per heavy atom. The molecule has 248 valence electrons. The predicted molar refractivity (Wildman–Crippen MR) is 212 cm³/mol. The van der Waals surface area contributed by atoms with Gasteiger partial charge in [0.25, 0.3) is 0 Å². The van der Waals surface area contributed by atoms with Gasteiger partial charge in [-0.2, -0.15) is 9.97 Å². The molecule has 4 aromatic heterocycles. The molecule has 0 fully saturated rings. The Morgan fingerprint density at radius 3 is 1.53 bits per heavy atom. The quantitative estimate of drug-likeness (QED) is 0.181. The maximum atomic E-state index is 6.12. The highest BCUT2D eigenvalue weighted by Crippen LogP contribution is 2.41. The monoisotopic (exact) mass is 680 g/mol. The van der Waals surface area contributed by atoms with E-state index in [0.717, 1.165) is 77.1 Å². The molecule has 0 atom stereocenters. The van der Waals surface area contributed by atoms with Crippen molar-refractivity contribution in [3.8, 4) is 45.9 Å². The van der Waals surface area contributed by atoms with Crippen LogP contribution in [0.4, 0.5) is 0 Å². The molecule has 7 nitrogen and oxygen atoms in total. The van der Waals surface area contributed by atoms with Gasteiger partial charge in [-0.1, -0.05) is 121 Å². The number of para-hydroxylation sites is 4. The van der Waals surface area contributed by atoms with Crippen molar-refractivity contribution in [3.63, 3.8) is 0 Å². The van der Waals surface area contributed by atoms with E-state index in [0.29, 0.717) is 23.5 Å². The fourth-order valence-corrected chi connectivity index (χ4v) is 7.62. The number of fused-ring (bicyclic) bond motifs is 8. The maximum Gasteiger partial charge on any atom is 0.238 e. The van der Waals surface area contributed by atoms with Crippen LogP contribution in [0.2, 0.25) is 0 Å². The molecule has 0 N–H and O–H groups in total. The minimum Gasteiger partial charge on any atom is -0.436 e. The van der Waals surface area contributed by atoms with Crippen LogP contribution in [-0.4, -0.2) is 29.1 Å². The molecular weight excluding hydrogens is 653 g/mol. The molecule has 0 unspecified atom stereocenters. The molecule has 0 bridgehead atoms. The van der Waals surface area contributed by atoms with Gasteiger partial charge >= 0.3 is 0 Å². The van der Waals surface area contributed by atoms with Crippen LogP contribution in [0.15, 0.2) is 174 Å². The highest BCUT2D eigenvalue weighted by Gasteiger charge is 2.23. The van der Waals surface area contributed by atoms with Gasteiger partial charge < -0.3 is 8.98 Å². The summed E-state index contributed by atoms with van der Waals surface area (Å²) in [4.78, 5) is 20.2. The molecule has 0 saturated carbocycles. The second kappa shape index (κ2) is 11.6. The SMILES string of the molecule is c1ccc(-c2nc(-c3ccccc3)nc(-n3c4ccccc4c4ccc5c6ccccc6n(-c6ccc(-c7nc8ccccc8o7)cc6)c5c43)n2)cc1. The zero-order chi connectivity index (χ0) is 34.9. The van der Waals surface area contributed by atoms with Gasteiger partial charge in [0.1, 0.15) is 5.52 Å². The maximum absolute atomic E-state index is 6.12. The number of nitrogens with zero attached hydrogens (tertiary/aromatic N) is 6. The average Bonchev–Trinajstić information content (AvgIpc) is 3.92. The first-order valence-electron chi connectivity index (χ1n) is 17.6. The van der Waals surface area contributed by atoms with Crippen molar-refractivity contribution in [2.75, 3.05) is 0 Å². The topological polar surface area (TPSA) is 74.6 Å². The number of rotatable bonds is 5. The van der Waals surface area contributed by atoms with E-state index in [1.807, 2.05) is 84.9 Å². The van der Waals surface area contributed by atoms with E-state index in [2.05, 4.69) is 94.1 Å². The van der Waals surface area contributed by atoms with Gasteiger partial charge in [0, 0.05) is 43.9 Å². The summed E-state index contributed by atoms with van der Waals surface area (Å²) in [6.45, 7) is 0. The largest absolute Gasteiger partial charge is 0.436 e. The first-order valence-corrected chi connectivity index (χ1v) is 17.6. The third-order valence-corrected chi connectivity index (χ3v) is 10.0. The Labute approximate surface area is 303 Å². The summed E-state index contributed by atoms with van der Waals surface area (Å²) in [5.74, 6) is 2.38. The van der Waals surface area contributed by atoms with Gasteiger partial charge in [-0.15, -0.1) is 0 Å². The Bertz CT molecular complexity index is 3070. The lowest BCUT2D eigenvalue weighted by atomic mass is 10.1. The summed E-state index contributed by atoms with van der Waals surface area (Å²) < 4.78 is 10.7.